The number of anilines is 1. The first-order chi connectivity index (χ1) is 9.09. The van der Waals surface area contributed by atoms with Gasteiger partial charge in [-0.1, -0.05) is 18.2 Å². The van der Waals surface area contributed by atoms with E-state index in [0.717, 1.165) is 18.5 Å². The topological polar surface area (TPSA) is 57.6 Å². The second-order valence-corrected chi connectivity index (χ2v) is 5.03. The Balaban J connectivity index is 2.10. The highest BCUT2D eigenvalue weighted by Crippen LogP contribution is 2.31. The van der Waals surface area contributed by atoms with Gasteiger partial charge in [-0.05, 0) is 37.8 Å². The second kappa shape index (κ2) is 5.87. The summed E-state index contributed by atoms with van der Waals surface area (Å²) in [5.41, 5.74) is 2.19. The zero-order chi connectivity index (χ0) is 13.8. The van der Waals surface area contributed by atoms with E-state index in [1.165, 1.54) is 5.56 Å². The molecule has 1 N–H and O–H groups in total. The van der Waals surface area contributed by atoms with Crippen LogP contribution in [0.25, 0.3) is 0 Å². The molecule has 0 radical (unpaired) electrons. The van der Waals surface area contributed by atoms with Crippen molar-refractivity contribution in [1.29, 1.82) is 0 Å². The van der Waals surface area contributed by atoms with E-state index in [2.05, 4.69) is 6.07 Å². The highest BCUT2D eigenvalue weighted by molar-refractivity contribution is 5.95. The SMILES string of the molecule is CC1CCc2ccccc2N1C(=O)CCCC(=O)O. The summed E-state index contributed by atoms with van der Waals surface area (Å²) in [5, 5.41) is 8.62. The van der Waals surface area contributed by atoms with Crippen molar-refractivity contribution in [3.8, 4) is 0 Å². The minimum atomic E-state index is -0.847. The molecule has 4 heteroatoms. The van der Waals surface area contributed by atoms with E-state index in [0.29, 0.717) is 12.8 Å². The molecule has 102 valence electrons. The summed E-state index contributed by atoms with van der Waals surface area (Å²) in [6.07, 6.45) is 2.71. The summed E-state index contributed by atoms with van der Waals surface area (Å²) in [4.78, 5) is 24.6. The minimum absolute atomic E-state index is 0.0286. The lowest BCUT2D eigenvalue weighted by Crippen LogP contribution is -2.42. The standard InChI is InChI=1S/C15H19NO3/c1-11-9-10-12-5-2-3-6-13(12)16(11)14(17)7-4-8-15(18)19/h2-3,5-6,11H,4,7-10H2,1H3,(H,18,19). The van der Waals surface area contributed by atoms with Gasteiger partial charge < -0.3 is 10.0 Å². The van der Waals surface area contributed by atoms with Crippen molar-refractivity contribution in [1.82, 2.24) is 0 Å². The molecule has 2 rings (SSSR count). The van der Waals surface area contributed by atoms with E-state index in [-0.39, 0.29) is 18.4 Å². The molecule has 0 spiro atoms. The molecule has 1 aromatic rings. The first-order valence-corrected chi connectivity index (χ1v) is 6.71. The Hall–Kier alpha value is -1.84. The fourth-order valence-corrected chi connectivity index (χ4v) is 2.58. The highest BCUT2D eigenvalue weighted by Gasteiger charge is 2.27. The van der Waals surface area contributed by atoms with E-state index in [4.69, 9.17) is 5.11 Å². The van der Waals surface area contributed by atoms with Gasteiger partial charge in [-0.2, -0.15) is 0 Å². The molecule has 0 fully saturated rings. The van der Waals surface area contributed by atoms with Crippen LogP contribution in [0.15, 0.2) is 24.3 Å². The van der Waals surface area contributed by atoms with Crippen molar-refractivity contribution in [2.75, 3.05) is 4.90 Å². The molecule has 0 aliphatic carbocycles. The van der Waals surface area contributed by atoms with Crippen molar-refractivity contribution in [3.63, 3.8) is 0 Å². The molecule has 0 saturated carbocycles. The van der Waals surface area contributed by atoms with Gasteiger partial charge in [-0.25, -0.2) is 0 Å². The summed E-state index contributed by atoms with van der Waals surface area (Å²) in [7, 11) is 0. The monoisotopic (exact) mass is 261 g/mol. The van der Waals surface area contributed by atoms with Crippen LogP contribution in [0.4, 0.5) is 5.69 Å². The molecule has 1 aliphatic heterocycles. The van der Waals surface area contributed by atoms with E-state index in [1.54, 1.807) is 0 Å². The first-order valence-electron chi connectivity index (χ1n) is 6.71. The number of carboxylic acid groups (broad SMARTS) is 1. The van der Waals surface area contributed by atoms with Gasteiger partial charge in [0.15, 0.2) is 0 Å². The van der Waals surface area contributed by atoms with Crippen molar-refractivity contribution < 1.29 is 14.7 Å². The largest absolute Gasteiger partial charge is 0.481 e. The number of hydrogen-bond acceptors (Lipinski definition) is 2. The molecule has 1 aliphatic rings. The second-order valence-electron chi connectivity index (χ2n) is 5.03. The van der Waals surface area contributed by atoms with Crippen LogP contribution in [0.5, 0.6) is 0 Å². The van der Waals surface area contributed by atoms with E-state index < -0.39 is 5.97 Å². The Labute approximate surface area is 113 Å². The van der Waals surface area contributed by atoms with Crippen LogP contribution in [-0.2, 0) is 16.0 Å². The van der Waals surface area contributed by atoms with E-state index >= 15 is 0 Å². The van der Waals surface area contributed by atoms with Crippen molar-refractivity contribution >= 4 is 17.6 Å². The summed E-state index contributed by atoms with van der Waals surface area (Å²) in [6.45, 7) is 2.05. The normalized spacial score (nSPS) is 17.9. The molecule has 1 atom stereocenters. The van der Waals surface area contributed by atoms with Gasteiger partial charge in [-0.15, -0.1) is 0 Å². The molecule has 0 bridgehead atoms. The third-order valence-electron chi connectivity index (χ3n) is 3.57. The number of hydrogen-bond donors (Lipinski definition) is 1. The number of carbonyl (C=O) groups is 2. The van der Waals surface area contributed by atoms with Crippen molar-refractivity contribution in [2.24, 2.45) is 0 Å². The molecular formula is C15H19NO3. The predicted octanol–water partition coefficient (Wildman–Crippen LogP) is 2.61. The van der Waals surface area contributed by atoms with Crippen LogP contribution in [0.1, 0.15) is 38.2 Å². The van der Waals surface area contributed by atoms with Gasteiger partial charge in [-0.3, -0.25) is 9.59 Å². The number of para-hydroxylation sites is 1. The Kier molecular flexibility index (Phi) is 4.20. The molecule has 0 saturated heterocycles. The lowest BCUT2D eigenvalue weighted by atomic mass is 9.96. The number of nitrogens with zero attached hydrogens (tertiary/aromatic N) is 1. The number of carbonyl (C=O) groups excluding carboxylic acids is 1. The van der Waals surface area contributed by atoms with Gasteiger partial charge in [0.05, 0.1) is 0 Å². The third-order valence-corrected chi connectivity index (χ3v) is 3.57. The molecular weight excluding hydrogens is 242 g/mol. The van der Waals surface area contributed by atoms with Crippen molar-refractivity contribution in [2.45, 2.75) is 45.1 Å². The zero-order valence-electron chi connectivity index (χ0n) is 11.1. The quantitative estimate of drug-likeness (QED) is 0.906. The Morgan fingerprint density at radius 2 is 2.05 bits per heavy atom. The van der Waals surface area contributed by atoms with Crippen molar-refractivity contribution in [3.05, 3.63) is 29.8 Å². The minimum Gasteiger partial charge on any atom is -0.481 e. The number of fused-ring (bicyclic) bond motifs is 1. The van der Waals surface area contributed by atoms with Gasteiger partial charge in [0.1, 0.15) is 0 Å². The molecule has 4 nitrogen and oxygen atoms in total. The number of rotatable bonds is 4. The zero-order valence-corrected chi connectivity index (χ0v) is 11.1. The predicted molar refractivity (Wildman–Crippen MR) is 73.2 cm³/mol. The average Bonchev–Trinajstić information content (AvgIpc) is 2.38. The van der Waals surface area contributed by atoms with Crippen LogP contribution in [0.3, 0.4) is 0 Å². The molecule has 1 amide bonds. The maximum absolute atomic E-state index is 12.3. The number of aliphatic carboxylic acids is 1. The smallest absolute Gasteiger partial charge is 0.303 e. The number of amides is 1. The lowest BCUT2D eigenvalue weighted by molar-refractivity contribution is -0.137. The Morgan fingerprint density at radius 3 is 2.79 bits per heavy atom. The Morgan fingerprint density at radius 1 is 1.32 bits per heavy atom. The van der Waals surface area contributed by atoms with Crippen LogP contribution >= 0.6 is 0 Å². The molecule has 1 heterocycles. The van der Waals surface area contributed by atoms with Gasteiger partial charge in [0.25, 0.3) is 0 Å². The summed E-state index contributed by atoms with van der Waals surface area (Å²) in [6, 6.07) is 8.14. The molecule has 1 aromatic carbocycles. The fraction of sp³-hybridized carbons (Fsp3) is 0.467. The van der Waals surface area contributed by atoms with Crippen LogP contribution < -0.4 is 4.90 Å². The molecule has 1 unspecified atom stereocenters. The third kappa shape index (κ3) is 3.13. The van der Waals surface area contributed by atoms with Crippen LogP contribution in [-0.4, -0.2) is 23.0 Å². The molecule has 19 heavy (non-hydrogen) atoms. The fourth-order valence-electron chi connectivity index (χ4n) is 2.58. The number of aryl methyl sites for hydroxylation is 1. The van der Waals surface area contributed by atoms with Gasteiger partial charge >= 0.3 is 5.97 Å². The summed E-state index contributed by atoms with van der Waals surface area (Å²) < 4.78 is 0. The van der Waals surface area contributed by atoms with Gasteiger partial charge in [0.2, 0.25) is 5.91 Å². The van der Waals surface area contributed by atoms with Gasteiger partial charge in [0, 0.05) is 24.6 Å². The maximum Gasteiger partial charge on any atom is 0.303 e. The average molecular weight is 261 g/mol. The maximum atomic E-state index is 12.3. The number of carboxylic acids is 1. The number of benzene rings is 1. The summed E-state index contributed by atoms with van der Waals surface area (Å²) in [5.74, 6) is -0.819. The van der Waals surface area contributed by atoms with Crippen LogP contribution in [0.2, 0.25) is 0 Å². The van der Waals surface area contributed by atoms with E-state index in [1.807, 2.05) is 30.0 Å². The molecule has 0 aromatic heterocycles. The summed E-state index contributed by atoms with van der Waals surface area (Å²) >= 11 is 0. The Bertz CT molecular complexity index is 484. The highest BCUT2D eigenvalue weighted by atomic mass is 16.4. The first kappa shape index (κ1) is 13.6. The van der Waals surface area contributed by atoms with Crippen LogP contribution in [0, 0.1) is 0 Å². The lowest BCUT2D eigenvalue weighted by Gasteiger charge is -2.35. The van der Waals surface area contributed by atoms with E-state index in [9.17, 15) is 9.59 Å².